The number of nitrogens with one attached hydrogen (secondary N) is 2. The molecule has 0 aromatic rings. The highest BCUT2D eigenvalue weighted by molar-refractivity contribution is 5.85. The summed E-state index contributed by atoms with van der Waals surface area (Å²) in [7, 11) is 0. The number of likely N-dealkylation sites (N-methyl/N-ethyl adjacent to an activating group) is 1. The lowest BCUT2D eigenvalue weighted by atomic mass is 10.3. The van der Waals surface area contributed by atoms with E-state index >= 15 is 0 Å². The minimum Gasteiger partial charge on any atom is -0.369 e. The highest BCUT2D eigenvalue weighted by atomic mass is 35.5. The van der Waals surface area contributed by atoms with E-state index in [0.717, 1.165) is 19.4 Å². The van der Waals surface area contributed by atoms with Crippen LogP contribution in [0.2, 0.25) is 0 Å². The first-order valence-electron chi connectivity index (χ1n) is 6.24. The molecule has 0 aromatic carbocycles. The van der Waals surface area contributed by atoms with Gasteiger partial charge in [-0.15, -0.1) is 12.4 Å². The molecule has 17 heavy (non-hydrogen) atoms. The van der Waals surface area contributed by atoms with Crippen molar-refractivity contribution in [2.75, 3.05) is 19.7 Å². The SMILES string of the molecule is CCCCOC(C)C(=O)NC[C@@H](C)NCC.Cl. The lowest BCUT2D eigenvalue weighted by Gasteiger charge is -2.16. The second-order valence-corrected chi connectivity index (χ2v) is 4.07. The molecule has 0 aromatic heterocycles. The summed E-state index contributed by atoms with van der Waals surface area (Å²) in [6, 6.07) is 0.303. The lowest BCUT2D eigenvalue weighted by molar-refractivity contribution is -0.131. The van der Waals surface area contributed by atoms with Crippen molar-refractivity contribution < 1.29 is 9.53 Å². The van der Waals surface area contributed by atoms with E-state index in [0.29, 0.717) is 19.2 Å². The van der Waals surface area contributed by atoms with E-state index in [4.69, 9.17) is 4.74 Å². The van der Waals surface area contributed by atoms with Gasteiger partial charge in [0.15, 0.2) is 0 Å². The quantitative estimate of drug-likeness (QED) is 0.625. The normalized spacial score (nSPS) is 13.6. The van der Waals surface area contributed by atoms with E-state index in [1.54, 1.807) is 6.92 Å². The fourth-order valence-electron chi connectivity index (χ4n) is 1.30. The number of halogens is 1. The molecule has 2 N–H and O–H groups in total. The second kappa shape index (κ2) is 12.1. The van der Waals surface area contributed by atoms with Crippen LogP contribution in [-0.2, 0) is 9.53 Å². The van der Waals surface area contributed by atoms with Crippen LogP contribution in [0.15, 0.2) is 0 Å². The molecule has 0 heterocycles. The van der Waals surface area contributed by atoms with Crippen molar-refractivity contribution in [3.8, 4) is 0 Å². The zero-order valence-electron chi connectivity index (χ0n) is 11.4. The maximum absolute atomic E-state index is 11.6. The van der Waals surface area contributed by atoms with E-state index in [9.17, 15) is 4.79 Å². The Bertz CT molecular complexity index is 191. The maximum Gasteiger partial charge on any atom is 0.248 e. The third-order valence-electron chi connectivity index (χ3n) is 2.37. The van der Waals surface area contributed by atoms with E-state index < -0.39 is 0 Å². The van der Waals surface area contributed by atoms with E-state index in [1.807, 2.05) is 6.92 Å². The first-order chi connectivity index (χ1) is 7.61. The summed E-state index contributed by atoms with van der Waals surface area (Å²) in [6.45, 7) is 10.2. The molecular weight excluding hydrogens is 240 g/mol. The molecule has 104 valence electrons. The molecule has 0 rings (SSSR count). The topological polar surface area (TPSA) is 50.4 Å². The highest BCUT2D eigenvalue weighted by Crippen LogP contribution is 1.95. The Balaban J connectivity index is 0. The largest absolute Gasteiger partial charge is 0.369 e. The van der Waals surface area contributed by atoms with Crippen LogP contribution in [0.1, 0.15) is 40.5 Å². The Labute approximate surface area is 111 Å². The average molecular weight is 267 g/mol. The van der Waals surface area contributed by atoms with Crippen molar-refractivity contribution in [1.29, 1.82) is 0 Å². The molecule has 0 aliphatic heterocycles. The zero-order valence-corrected chi connectivity index (χ0v) is 12.2. The monoisotopic (exact) mass is 266 g/mol. The first kappa shape index (κ1) is 19.0. The maximum atomic E-state index is 11.6. The minimum atomic E-state index is -0.347. The van der Waals surface area contributed by atoms with Gasteiger partial charge in [-0.25, -0.2) is 0 Å². The van der Waals surface area contributed by atoms with Gasteiger partial charge in [-0.05, 0) is 26.8 Å². The van der Waals surface area contributed by atoms with Gasteiger partial charge < -0.3 is 15.4 Å². The predicted octanol–water partition coefficient (Wildman–Crippen LogP) is 1.73. The second-order valence-electron chi connectivity index (χ2n) is 4.07. The molecule has 0 fully saturated rings. The van der Waals surface area contributed by atoms with Crippen molar-refractivity contribution in [2.24, 2.45) is 0 Å². The molecule has 5 heteroatoms. The van der Waals surface area contributed by atoms with Gasteiger partial charge in [0.2, 0.25) is 5.91 Å². The molecular formula is C12H27ClN2O2. The van der Waals surface area contributed by atoms with Gasteiger partial charge in [-0.3, -0.25) is 4.79 Å². The fourth-order valence-corrected chi connectivity index (χ4v) is 1.30. The molecule has 0 aliphatic carbocycles. The average Bonchev–Trinajstić information content (AvgIpc) is 2.26. The molecule has 0 aliphatic rings. The predicted molar refractivity (Wildman–Crippen MR) is 73.7 cm³/mol. The Morgan fingerprint density at radius 1 is 1.29 bits per heavy atom. The summed E-state index contributed by atoms with van der Waals surface area (Å²) in [6.07, 6.45) is 1.75. The molecule has 0 saturated carbocycles. The fraction of sp³-hybridized carbons (Fsp3) is 0.917. The van der Waals surface area contributed by atoms with Crippen LogP contribution < -0.4 is 10.6 Å². The van der Waals surface area contributed by atoms with Gasteiger partial charge in [0.1, 0.15) is 6.10 Å². The third kappa shape index (κ3) is 10.5. The number of carbonyl (C=O) groups is 1. The summed E-state index contributed by atoms with van der Waals surface area (Å²) >= 11 is 0. The minimum absolute atomic E-state index is 0. The lowest BCUT2D eigenvalue weighted by Crippen LogP contribution is -2.42. The zero-order chi connectivity index (χ0) is 12.4. The number of ether oxygens (including phenoxy) is 1. The molecule has 1 amide bonds. The third-order valence-corrected chi connectivity index (χ3v) is 2.37. The summed E-state index contributed by atoms with van der Waals surface area (Å²) < 4.78 is 5.40. The van der Waals surface area contributed by atoms with Gasteiger partial charge >= 0.3 is 0 Å². The Hall–Kier alpha value is -0.320. The number of carbonyl (C=O) groups excluding carboxylic acids is 1. The number of unbranched alkanes of at least 4 members (excludes halogenated alkanes) is 1. The molecule has 0 radical (unpaired) electrons. The van der Waals surface area contributed by atoms with Crippen LogP contribution in [0.3, 0.4) is 0 Å². The van der Waals surface area contributed by atoms with Crippen molar-refractivity contribution in [1.82, 2.24) is 10.6 Å². The van der Waals surface area contributed by atoms with Gasteiger partial charge in [-0.1, -0.05) is 20.3 Å². The van der Waals surface area contributed by atoms with Crippen LogP contribution in [0, 0.1) is 0 Å². The van der Waals surface area contributed by atoms with Crippen molar-refractivity contribution >= 4 is 18.3 Å². The molecule has 1 unspecified atom stereocenters. The van der Waals surface area contributed by atoms with Crippen LogP contribution in [0.4, 0.5) is 0 Å². The number of hydrogen-bond donors (Lipinski definition) is 2. The Kier molecular flexibility index (Phi) is 13.6. The van der Waals surface area contributed by atoms with Gasteiger partial charge in [0.05, 0.1) is 0 Å². The van der Waals surface area contributed by atoms with Crippen molar-refractivity contribution in [2.45, 2.75) is 52.7 Å². The van der Waals surface area contributed by atoms with E-state index in [2.05, 4.69) is 24.5 Å². The van der Waals surface area contributed by atoms with E-state index in [-0.39, 0.29) is 24.4 Å². The summed E-state index contributed by atoms with van der Waals surface area (Å²) in [5.41, 5.74) is 0. The summed E-state index contributed by atoms with van der Waals surface area (Å²) in [4.78, 5) is 11.6. The first-order valence-corrected chi connectivity index (χ1v) is 6.24. The number of hydrogen-bond acceptors (Lipinski definition) is 3. The van der Waals surface area contributed by atoms with Crippen LogP contribution in [0.5, 0.6) is 0 Å². The van der Waals surface area contributed by atoms with Gasteiger partial charge in [0, 0.05) is 19.2 Å². The van der Waals surface area contributed by atoms with Gasteiger partial charge in [0.25, 0.3) is 0 Å². The molecule has 4 nitrogen and oxygen atoms in total. The van der Waals surface area contributed by atoms with Crippen LogP contribution in [0.25, 0.3) is 0 Å². The van der Waals surface area contributed by atoms with Gasteiger partial charge in [-0.2, -0.15) is 0 Å². The molecule has 0 bridgehead atoms. The number of rotatable bonds is 9. The summed E-state index contributed by atoms with van der Waals surface area (Å²) in [5, 5.41) is 6.10. The highest BCUT2D eigenvalue weighted by Gasteiger charge is 2.13. The molecule has 0 spiro atoms. The van der Waals surface area contributed by atoms with Crippen LogP contribution in [-0.4, -0.2) is 37.7 Å². The standard InChI is InChI=1S/C12H26N2O2.ClH/c1-5-7-8-16-11(4)12(15)14-9-10(3)13-6-2;/h10-11,13H,5-9H2,1-4H3,(H,14,15);1H/t10-,11?;/m1./s1. The Morgan fingerprint density at radius 3 is 2.47 bits per heavy atom. The van der Waals surface area contributed by atoms with Crippen molar-refractivity contribution in [3.05, 3.63) is 0 Å². The molecule has 2 atom stereocenters. The summed E-state index contributed by atoms with van der Waals surface area (Å²) in [5.74, 6) is -0.0270. The number of amides is 1. The van der Waals surface area contributed by atoms with Crippen molar-refractivity contribution in [3.63, 3.8) is 0 Å². The van der Waals surface area contributed by atoms with Crippen LogP contribution >= 0.6 is 12.4 Å². The Morgan fingerprint density at radius 2 is 1.94 bits per heavy atom. The smallest absolute Gasteiger partial charge is 0.248 e. The van der Waals surface area contributed by atoms with E-state index in [1.165, 1.54) is 0 Å². The molecule has 0 saturated heterocycles.